The molecular formula is C24H22CaO6S2. The quantitative estimate of drug-likeness (QED) is 0.293. The Morgan fingerprint density at radius 3 is 1.18 bits per heavy atom. The summed E-state index contributed by atoms with van der Waals surface area (Å²) in [5, 5.41) is 2.63. The van der Waals surface area contributed by atoms with Crippen molar-refractivity contribution in [2.45, 2.75) is 37.5 Å². The summed E-state index contributed by atoms with van der Waals surface area (Å²) in [7, 11) is -8.84. The van der Waals surface area contributed by atoms with Gasteiger partial charge in [0.05, 0.1) is 9.79 Å². The van der Waals surface area contributed by atoms with Crippen molar-refractivity contribution in [1.29, 1.82) is 0 Å². The molecule has 0 fully saturated rings. The van der Waals surface area contributed by atoms with Gasteiger partial charge in [0.2, 0.25) is 0 Å². The molecule has 4 aromatic carbocycles. The summed E-state index contributed by atoms with van der Waals surface area (Å²) in [5.74, 6) is 0. The molecule has 0 saturated carbocycles. The van der Waals surface area contributed by atoms with Gasteiger partial charge in [0.25, 0.3) is 0 Å². The zero-order valence-corrected chi connectivity index (χ0v) is 22.6. The van der Waals surface area contributed by atoms with Crippen LogP contribution in [0.4, 0.5) is 0 Å². The number of hydrogen-bond acceptors (Lipinski definition) is 6. The third-order valence-electron chi connectivity index (χ3n) is 5.18. The second-order valence-electron chi connectivity index (χ2n) is 7.77. The Balaban J connectivity index is 0.000000227. The Kier molecular flexibility index (Phi) is 8.73. The van der Waals surface area contributed by atoms with Crippen LogP contribution in [0.5, 0.6) is 0 Å². The summed E-state index contributed by atoms with van der Waals surface area (Å²) in [6, 6.07) is 17.2. The molecule has 0 atom stereocenters. The van der Waals surface area contributed by atoms with E-state index in [4.69, 9.17) is 0 Å². The standard InChI is InChI=1S/2C12H12O3S.Ca/c2*1-8-6-11-9(2)4-3-5-10(11)12(7-8)16(13,14)15;/h2*3-7H,1-2H3,(H,13,14,15);/q;;+2/p-2. The normalized spacial score (nSPS) is 11.6. The minimum Gasteiger partial charge on any atom is -0.744 e. The molecule has 0 heterocycles. The third-order valence-corrected chi connectivity index (χ3v) is 6.93. The van der Waals surface area contributed by atoms with Crippen molar-refractivity contribution in [2.75, 3.05) is 0 Å². The van der Waals surface area contributed by atoms with E-state index in [0.717, 1.165) is 33.0 Å². The molecule has 0 spiro atoms. The van der Waals surface area contributed by atoms with E-state index in [1.165, 1.54) is 12.1 Å². The summed E-state index contributed by atoms with van der Waals surface area (Å²) < 4.78 is 66.9. The molecule has 6 nitrogen and oxygen atoms in total. The zero-order valence-electron chi connectivity index (χ0n) is 18.7. The Morgan fingerprint density at radius 1 is 0.545 bits per heavy atom. The fourth-order valence-corrected chi connectivity index (χ4v) is 5.25. The summed E-state index contributed by atoms with van der Waals surface area (Å²) in [6.45, 7) is 7.34. The fourth-order valence-electron chi connectivity index (χ4n) is 3.70. The molecule has 9 heteroatoms. The Labute approximate surface area is 224 Å². The third kappa shape index (κ3) is 6.33. The molecule has 0 aliphatic heterocycles. The van der Waals surface area contributed by atoms with Crippen LogP contribution in [0, 0.1) is 27.7 Å². The monoisotopic (exact) mass is 510 g/mol. The number of aryl methyl sites for hydroxylation is 4. The van der Waals surface area contributed by atoms with Gasteiger partial charge in [-0.1, -0.05) is 48.5 Å². The van der Waals surface area contributed by atoms with Crippen LogP contribution in [0.3, 0.4) is 0 Å². The van der Waals surface area contributed by atoms with Gasteiger partial charge < -0.3 is 9.11 Å². The molecule has 0 bridgehead atoms. The van der Waals surface area contributed by atoms with E-state index in [0.29, 0.717) is 10.8 Å². The van der Waals surface area contributed by atoms with E-state index < -0.39 is 20.2 Å². The summed E-state index contributed by atoms with van der Waals surface area (Å²) in [6.07, 6.45) is 0. The van der Waals surface area contributed by atoms with Gasteiger partial charge in [-0.3, -0.25) is 0 Å². The van der Waals surface area contributed by atoms with Gasteiger partial charge >= 0.3 is 37.7 Å². The van der Waals surface area contributed by atoms with E-state index in [1.807, 2.05) is 38.1 Å². The largest absolute Gasteiger partial charge is 2.00 e. The number of fused-ring (bicyclic) bond motifs is 2. The van der Waals surface area contributed by atoms with Crippen LogP contribution in [-0.4, -0.2) is 63.7 Å². The molecule has 4 aromatic rings. The van der Waals surface area contributed by atoms with Crippen molar-refractivity contribution in [2.24, 2.45) is 0 Å². The minimum atomic E-state index is -4.42. The van der Waals surface area contributed by atoms with Crippen molar-refractivity contribution >= 4 is 79.5 Å². The van der Waals surface area contributed by atoms with Crippen molar-refractivity contribution in [1.82, 2.24) is 0 Å². The van der Waals surface area contributed by atoms with Crippen LogP contribution >= 0.6 is 0 Å². The fraction of sp³-hybridized carbons (Fsp3) is 0.167. The summed E-state index contributed by atoms with van der Waals surface area (Å²) in [5.41, 5.74) is 3.48. The molecule has 4 rings (SSSR count). The Hall–Kier alpha value is -1.52. The first kappa shape index (κ1) is 27.7. The van der Waals surface area contributed by atoms with Gasteiger partial charge in [0.15, 0.2) is 0 Å². The van der Waals surface area contributed by atoms with Gasteiger partial charge in [0, 0.05) is 0 Å². The maximum atomic E-state index is 11.2. The number of benzene rings is 4. The minimum absolute atomic E-state index is 0. The maximum absolute atomic E-state index is 11.2. The molecule has 0 N–H and O–H groups in total. The van der Waals surface area contributed by atoms with Gasteiger partial charge in [-0.05, 0) is 83.6 Å². The van der Waals surface area contributed by atoms with Crippen molar-refractivity contribution in [3.05, 3.63) is 82.9 Å². The second kappa shape index (κ2) is 10.4. The van der Waals surface area contributed by atoms with Crippen molar-refractivity contribution < 1.29 is 25.9 Å². The molecule has 0 amide bonds. The van der Waals surface area contributed by atoms with Crippen LogP contribution in [0.2, 0.25) is 0 Å². The van der Waals surface area contributed by atoms with Crippen LogP contribution in [0.15, 0.2) is 70.5 Å². The number of hydrogen-bond donors (Lipinski definition) is 0. The van der Waals surface area contributed by atoms with Gasteiger partial charge in [0.1, 0.15) is 20.2 Å². The maximum Gasteiger partial charge on any atom is 2.00 e. The van der Waals surface area contributed by atoms with Crippen LogP contribution in [-0.2, 0) is 20.2 Å². The Bertz CT molecular complexity index is 1440. The second-order valence-corrected chi connectivity index (χ2v) is 10.5. The first-order valence-electron chi connectivity index (χ1n) is 9.71. The average molecular weight is 511 g/mol. The van der Waals surface area contributed by atoms with Crippen LogP contribution in [0.25, 0.3) is 21.5 Å². The molecule has 168 valence electrons. The molecule has 0 aliphatic carbocycles. The van der Waals surface area contributed by atoms with Gasteiger partial charge in [-0.2, -0.15) is 0 Å². The zero-order chi connectivity index (χ0) is 23.8. The SMILES string of the molecule is Cc1cc(S(=O)(=O)[O-])c2cccc(C)c2c1.Cc1cc(S(=O)(=O)[O-])c2cccc(C)c2c1.[Ca+2]. The van der Waals surface area contributed by atoms with E-state index in [9.17, 15) is 25.9 Å². The summed E-state index contributed by atoms with van der Waals surface area (Å²) in [4.78, 5) is -0.266. The molecule has 0 unspecified atom stereocenters. The molecular weight excluding hydrogens is 488 g/mol. The van der Waals surface area contributed by atoms with E-state index in [1.54, 1.807) is 38.1 Å². The summed E-state index contributed by atoms with van der Waals surface area (Å²) >= 11 is 0. The smallest absolute Gasteiger partial charge is 0.744 e. The average Bonchev–Trinajstić information content (AvgIpc) is 2.67. The molecule has 0 aromatic heterocycles. The van der Waals surface area contributed by atoms with Gasteiger partial charge in [-0.25, -0.2) is 16.8 Å². The number of rotatable bonds is 2. The first-order chi connectivity index (χ1) is 14.8. The van der Waals surface area contributed by atoms with E-state index in [-0.39, 0.29) is 47.5 Å². The molecule has 0 aliphatic rings. The first-order valence-corrected chi connectivity index (χ1v) is 12.5. The molecule has 33 heavy (non-hydrogen) atoms. The van der Waals surface area contributed by atoms with Crippen LogP contribution in [0.1, 0.15) is 22.3 Å². The van der Waals surface area contributed by atoms with Crippen LogP contribution < -0.4 is 0 Å². The van der Waals surface area contributed by atoms with E-state index in [2.05, 4.69) is 0 Å². The Morgan fingerprint density at radius 2 is 0.879 bits per heavy atom. The predicted molar refractivity (Wildman–Crippen MR) is 129 cm³/mol. The topological polar surface area (TPSA) is 114 Å². The predicted octanol–water partition coefficient (Wildman–Crippen LogP) is 4.34. The van der Waals surface area contributed by atoms with Gasteiger partial charge in [-0.15, -0.1) is 0 Å². The van der Waals surface area contributed by atoms with Crippen molar-refractivity contribution in [3.63, 3.8) is 0 Å². The van der Waals surface area contributed by atoms with E-state index >= 15 is 0 Å². The van der Waals surface area contributed by atoms with Crippen molar-refractivity contribution in [3.8, 4) is 0 Å². The molecule has 0 radical (unpaired) electrons. The molecule has 0 saturated heterocycles.